The summed E-state index contributed by atoms with van der Waals surface area (Å²) in [5, 5.41) is 0. The zero-order valence-electron chi connectivity index (χ0n) is 16.2. The normalized spacial score (nSPS) is 20.0. The number of likely N-dealkylation sites (tertiary alicyclic amines) is 1. The van der Waals surface area contributed by atoms with Crippen LogP contribution in [-0.2, 0) is 6.18 Å². The van der Waals surface area contributed by atoms with Crippen LogP contribution < -0.4 is 4.90 Å². The summed E-state index contributed by atoms with van der Waals surface area (Å²) in [6.45, 7) is 3.85. The van der Waals surface area contributed by atoms with Crippen molar-refractivity contribution >= 4 is 23.1 Å². The lowest BCUT2D eigenvalue weighted by Crippen LogP contribution is -2.38. The quantitative estimate of drug-likeness (QED) is 0.575. The monoisotopic (exact) mass is 406 g/mol. The van der Waals surface area contributed by atoms with Crippen molar-refractivity contribution in [2.45, 2.75) is 54.6 Å². The number of fused-ring (bicyclic) bond motifs is 2. The Bertz CT molecular complexity index is 865. The molecule has 1 saturated heterocycles. The zero-order valence-corrected chi connectivity index (χ0v) is 17.0. The number of halogens is 3. The van der Waals surface area contributed by atoms with Crippen LogP contribution in [0.5, 0.6) is 0 Å². The maximum Gasteiger partial charge on any atom is 0.416 e. The van der Waals surface area contributed by atoms with Crippen molar-refractivity contribution < 1.29 is 13.2 Å². The SMILES string of the molecule is Cc1ccc2c(c1)N(CCC1CCCCN1C)c1cc(C(F)(F)F)ccc1S2. The Kier molecular flexibility index (Phi) is 5.36. The first-order valence-electron chi connectivity index (χ1n) is 9.80. The third-order valence-electron chi connectivity index (χ3n) is 5.81. The number of aryl methyl sites for hydroxylation is 1. The van der Waals surface area contributed by atoms with Gasteiger partial charge in [-0.05, 0) is 75.7 Å². The molecule has 0 spiro atoms. The van der Waals surface area contributed by atoms with E-state index >= 15 is 0 Å². The number of piperidine rings is 1. The lowest BCUT2D eigenvalue weighted by Gasteiger charge is -2.37. The van der Waals surface area contributed by atoms with Gasteiger partial charge in [0.05, 0.1) is 16.9 Å². The summed E-state index contributed by atoms with van der Waals surface area (Å²) >= 11 is 1.56. The molecule has 2 aromatic carbocycles. The lowest BCUT2D eigenvalue weighted by molar-refractivity contribution is -0.137. The van der Waals surface area contributed by atoms with E-state index in [1.54, 1.807) is 17.8 Å². The van der Waals surface area contributed by atoms with E-state index in [-0.39, 0.29) is 0 Å². The molecule has 1 atom stereocenters. The van der Waals surface area contributed by atoms with Gasteiger partial charge in [0, 0.05) is 22.4 Å². The van der Waals surface area contributed by atoms with Crippen LogP contribution in [0.3, 0.4) is 0 Å². The molecule has 2 aromatic rings. The molecule has 1 fully saturated rings. The van der Waals surface area contributed by atoms with E-state index < -0.39 is 11.7 Å². The molecule has 0 bridgehead atoms. The van der Waals surface area contributed by atoms with Crippen molar-refractivity contribution in [3.63, 3.8) is 0 Å². The minimum absolute atomic E-state index is 0.492. The first-order chi connectivity index (χ1) is 13.3. The molecule has 2 nitrogen and oxygen atoms in total. The maximum atomic E-state index is 13.3. The molecule has 6 heteroatoms. The number of nitrogens with zero attached hydrogens (tertiary/aromatic N) is 2. The lowest BCUT2D eigenvalue weighted by atomic mass is 9.99. The van der Waals surface area contributed by atoms with Gasteiger partial charge in [-0.3, -0.25) is 0 Å². The topological polar surface area (TPSA) is 6.48 Å². The van der Waals surface area contributed by atoms with Gasteiger partial charge in [0.25, 0.3) is 0 Å². The van der Waals surface area contributed by atoms with Crippen LogP contribution in [0, 0.1) is 6.92 Å². The van der Waals surface area contributed by atoms with Gasteiger partial charge in [-0.2, -0.15) is 13.2 Å². The molecule has 0 amide bonds. The van der Waals surface area contributed by atoms with E-state index in [9.17, 15) is 13.2 Å². The van der Waals surface area contributed by atoms with E-state index in [1.807, 2.05) is 6.92 Å². The van der Waals surface area contributed by atoms with Gasteiger partial charge < -0.3 is 9.80 Å². The van der Waals surface area contributed by atoms with Crippen LogP contribution in [-0.4, -0.2) is 31.1 Å². The Morgan fingerprint density at radius 3 is 2.46 bits per heavy atom. The predicted octanol–water partition coefficient (Wildman–Crippen LogP) is 6.49. The van der Waals surface area contributed by atoms with E-state index in [0.29, 0.717) is 11.7 Å². The van der Waals surface area contributed by atoms with Gasteiger partial charge >= 0.3 is 6.18 Å². The molecule has 2 heterocycles. The predicted molar refractivity (Wildman–Crippen MR) is 109 cm³/mol. The Labute approximate surface area is 168 Å². The van der Waals surface area contributed by atoms with Gasteiger partial charge in [0.1, 0.15) is 0 Å². The van der Waals surface area contributed by atoms with Gasteiger partial charge in [0.2, 0.25) is 0 Å². The van der Waals surface area contributed by atoms with Gasteiger partial charge in [-0.25, -0.2) is 0 Å². The highest BCUT2D eigenvalue weighted by molar-refractivity contribution is 7.99. The molecule has 28 heavy (non-hydrogen) atoms. The second kappa shape index (κ2) is 7.64. The smallest absolute Gasteiger partial charge is 0.340 e. The first-order valence-corrected chi connectivity index (χ1v) is 10.6. The third-order valence-corrected chi connectivity index (χ3v) is 6.94. The summed E-state index contributed by atoms with van der Waals surface area (Å²) in [6.07, 6.45) is 0.240. The zero-order chi connectivity index (χ0) is 19.9. The second-order valence-corrected chi connectivity index (χ2v) is 8.91. The Hall–Kier alpha value is -1.66. The number of anilines is 2. The van der Waals surface area contributed by atoms with Crippen molar-refractivity contribution in [3.05, 3.63) is 47.5 Å². The molecule has 4 rings (SSSR count). The van der Waals surface area contributed by atoms with E-state index in [0.717, 1.165) is 47.0 Å². The molecule has 0 aliphatic carbocycles. The fourth-order valence-electron chi connectivity index (χ4n) is 4.19. The van der Waals surface area contributed by atoms with Crippen LogP contribution in [0.15, 0.2) is 46.2 Å². The average Bonchev–Trinajstić information content (AvgIpc) is 2.65. The molecule has 0 radical (unpaired) electrons. The van der Waals surface area contributed by atoms with E-state index in [2.05, 4.69) is 35.0 Å². The minimum Gasteiger partial charge on any atom is -0.340 e. The van der Waals surface area contributed by atoms with Crippen molar-refractivity contribution in [1.82, 2.24) is 4.90 Å². The average molecular weight is 407 g/mol. The third kappa shape index (κ3) is 3.90. The molecule has 0 N–H and O–H groups in total. The summed E-state index contributed by atoms with van der Waals surface area (Å²) < 4.78 is 40.0. The summed E-state index contributed by atoms with van der Waals surface area (Å²) in [5.41, 5.74) is 2.24. The summed E-state index contributed by atoms with van der Waals surface area (Å²) in [5.74, 6) is 0. The Balaban J connectivity index is 1.69. The van der Waals surface area contributed by atoms with E-state index in [1.165, 1.54) is 25.0 Å². The fraction of sp³-hybridized carbons (Fsp3) is 0.455. The molecule has 150 valence electrons. The van der Waals surface area contributed by atoms with Crippen molar-refractivity contribution in [2.24, 2.45) is 0 Å². The van der Waals surface area contributed by atoms with Crippen LogP contribution in [0.2, 0.25) is 0 Å². The summed E-state index contributed by atoms with van der Waals surface area (Å²) in [6, 6.07) is 10.9. The molecule has 1 unspecified atom stereocenters. The van der Waals surface area contributed by atoms with Crippen LogP contribution in [0.4, 0.5) is 24.5 Å². The van der Waals surface area contributed by atoms with Crippen molar-refractivity contribution in [1.29, 1.82) is 0 Å². The maximum absolute atomic E-state index is 13.3. The van der Waals surface area contributed by atoms with Crippen LogP contribution in [0.1, 0.15) is 36.8 Å². The Morgan fingerprint density at radius 2 is 1.75 bits per heavy atom. The standard InChI is InChI=1S/C22H25F3N2S/c1-15-6-8-20-18(13-15)27(12-10-17-5-3-4-11-26(17)2)19-14-16(22(23,24)25)7-9-21(19)28-20/h6-9,13-14,17H,3-5,10-12H2,1-2H3. The summed E-state index contributed by atoms with van der Waals surface area (Å²) in [4.78, 5) is 6.49. The number of benzene rings is 2. The van der Waals surface area contributed by atoms with Gasteiger partial charge in [0.15, 0.2) is 0 Å². The minimum atomic E-state index is -4.33. The summed E-state index contributed by atoms with van der Waals surface area (Å²) in [7, 11) is 2.16. The highest BCUT2D eigenvalue weighted by Gasteiger charge is 2.33. The molecule has 2 aliphatic rings. The largest absolute Gasteiger partial charge is 0.416 e. The molecular formula is C22H25F3N2S. The van der Waals surface area contributed by atoms with Crippen molar-refractivity contribution in [2.75, 3.05) is 25.0 Å². The second-order valence-electron chi connectivity index (χ2n) is 7.82. The fourth-order valence-corrected chi connectivity index (χ4v) is 5.25. The first kappa shape index (κ1) is 19.6. The van der Waals surface area contributed by atoms with E-state index in [4.69, 9.17) is 0 Å². The number of alkyl halides is 3. The molecule has 0 saturated carbocycles. The highest BCUT2D eigenvalue weighted by Crippen LogP contribution is 2.50. The molecule has 2 aliphatic heterocycles. The Morgan fingerprint density at radius 1 is 1.04 bits per heavy atom. The van der Waals surface area contributed by atoms with Crippen LogP contribution in [0.25, 0.3) is 0 Å². The number of rotatable bonds is 3. The van der Waals surface area contributed by atoms with Gasteiger partial charge in [-0.15, -0.1) is 0 Å². The number of hydrogen-bond acceptors (Lipinski definition) is 3. The molecular weight excluding hydrogens is 381 g/mol. The molecule has 0 aromatic heterocycles. The highest BCUT2D eigenvalue weighted by atomic mass is 32.2. The number of hydrogen-bond donors (Lipinski definition) is 0. The van der Waals surface area contributed by atoms with Gasteiger partial charge in [-0.1, -0.05) is 24.2 Å². The van der Waals surface area contributed by atoms with Crippen LogP contribution >= 0.6 is 11.8 Å². The van der Waals surface area contributed by atoms with Crippen molar-refractivity contribution in [3.8, 4) is 0 Å².